The summed E-state index contributed by atoms with van der Waals surface area (Å²) in [7, 11) is 0. The molecule has 0 aliphatic carbocycles. The van der Waals surface area contributed by atoms with E-state index in [1.807, 2.05) is 0 Å². The number of hydrogen-bond acceptors (Lipinski definition) is 3. The van der Waals surface area contributed by atoms with Crippen LogP contribution in [0.3, 0.4) is 0 Å². The van der Waals surface area contributed by atoms with Crippen molar-refractivity contribution in [2.75, 3.05) is 26.3 Å². The summed E-state index contributed by atoms with van der Waals surface area (Å²) in [5, 5.41) is 29.4. The Kier molecular flexibility index (Phi) is 5.86. The molecule has 0 bridgehead atoms. The first kappa shape index (κ1) is 8.84. The standard InChI is InChI=1S/C5H12NO3/c7-2-1-6-3-5(9)4-8/h5-7,9H,1-4H2. The molecule has 0 amide bonds. The van der Waals surface area contributed by atoms with Gasteiger partial charge in [0.15, 0.2) is 0 Å². The lowest BCUT2D eigenvalue weighted by molar-refractivity contribution is 0.0549. The summed E-state index contributed by atoms with van der Waals surface area (Å²) in [5.74, 6) is 0. The summed E-state index contributed by atoms with van der Waals surface area (Å²) in [6.07, 6.45) is -0.823. The van der Waals surface area contributed by atoms with E-state index in [-0.39, 0.29) is 13.2 Å². The molecule has 4 nitrogen and oxygen atoms in total. The number of aliphatic hydroxyl groups is 2. The van der Waals surface area contributed by atoms with Crippen LogP contribution in [0.25, 0.3) is 0 Å². The van der Waals surface area contributed by atoms with Crippen molar-refractivity contribution in [1.82, 2.24) is 5.32 Å². The topological polar surface area (TPSA) is 72.4 Å². The fourth-order valence-corrected chi connectivity index (χ4v) is 0.407. The van der Waals surface area contributed by atoms with Gasteiger partial charge < -0.3 is 15.5 Å². The Morgan fingerprint density at radius 3 is 2.67 bits per heavy atom. The first-order valence-electron chi connectivity index (χ1n) is 2.89. The maximum absolute atomic E-state index is 9.87. The Balaban J connectivity index is 2.88. The van der Waals surface area contributed by atoms with Crippen LogP contribution in [-0.2, 0) is 5.11 Å². The van der Waals surface area contributed by atoms with E-state index in [1.165, 1.54) is 0 Å². The molecule has 0 spiro atoms. The second-order valence-electron chi connectivity index (χ2n) is 1.75. The Labute approximate surface area is 54.1 Å². The minimum absolute atomic E-state index is 0.0333. The molecule has 3 N–H and O–H groups in total. The Hall–Kier alpha value is -0.160. The fourth-order valence-electron chi connectivity index (χ4n) is 0.407. The summed E-state index contributed by atoms with van der Waals surface area (Å²) in [6.45, 7) is 0.241. The number of aliphatic hydroxyl groups excluding tert-OH is 2. The quantitative estimate of drug-likeness (QED) is 0.395. The van der Waals surface area contributed by atoms with Gasteiger partial charge in [0.05, 0.1) is 12.7 Å². The highest BCUT2D eigenvalue weighted by Gasteiger charge is 1.99. The molecule has 0 aliphatic heterocycles. The first-order valence-corrected chi connectivity index (χ1v) is 2.89. The molecule has 0 fully saturated rings. The Bertz CT molecular complexity index is 60.2. The second kappa shape index (κ2) is 5.97. The van der Waals surface area contributed by atoms with Crippen molar-refractivity contribution in [1.29, 1.82) is 0 Å². The van der Waals surface area contributed by atoms with Crippen LogP contribution < -0.4 is 5.32 Å². The molecule has 0 aromatic rings. The van der Waals surface area contributed by atoms with Gasteiger partial charge in [-0.1, -0.05) is 0 Å². The Morgan fingerprint density at radius 2 is 2.22 bits per heavy atom. The molecule has 55 valence electrons. The van der Waals surface area contributed by atoms with Crippen LogP contribution in [0.1, 0.15) is 0 Å². The lowest BCUT2D eigenvalue weighted by Gasteiger charge is -2.05. The molecular weight excluding hydrogens is 122 g/mol. The molecule has 0 rings (SSSR count). The van der Waals surface area contributed by atoms with E-state index in [0.29, 0.717) is 6.54 Å². The molecule has 0 aromatic heterocycles. The number of rotatable bonds is 5. The molecule has 4 heteroatoms. The zero-order valence-corrected chi connectivity index (χ0v) is 5.21. The highest BCUT2D eigenvalue weighted by atomic mass is 16.3. The summed E-state index contributed by atoms with van der Waals surface area (Å²) >= 11 is 0. The Morgan fingerprint density at radius 1 is 1.56 bits per heavy atom. The lowest BCUT2D eigenvalue weighted by atomic mass is 10.4. The molecule has 0 saturated heterocycles. The van der Waals surface area contributed by atoms with E-state index < -0.39 is 12.7 Å². The van der Waals surface area contributed by atoms with E-state index in [4.69, 9.17) is 10.2 Å². The van der Waals surface area contributed by atoms with E-state index in [0.717, 1.165) is 0 Å². The molecule has 0 aliphatic rings. The van der Waals surface area contributed by atoms with E-state index in [9.17, 15) is 5.11 Å². The van der Waals surface area contributed by atoms with Gasteiger partial charge >= 0.3 is 0 Å². The van der Waals surface area contributed by atoms with Crippen LogP contribution in [0.4, 0.5) is 0 Å². The van der Waals surface area contributed by atoms with Gasteiger partial charge in [-0.15, -0.1) is 0 Å². The third kappa shape index (κ3) is 5.72. The third-order valence-corrected chi connectivity index (χ3v) is 0.861. The molecule has 0 aromatic carbocycles. The van der Waals surface area contributed by atoms with Crippen molar-refractivity contribution in [3.8, 4) is 0 Å². The second-order valence-corrected chi connectivity index (χ2v) is 1.75. The van der Waals surface area contributed by atoms with Crippen molar-refractivity contribution in [2.24, 2.45) is 0 Å². The van der Waals surface area contributed by atoms with Crippen LogP contribution in [0, 0.1) is 0 Å². The van der Waals surface area contributed by atoms with Crippen molar-refractivity contribution >= 4 is 0 Å². The minimum Gasteiger partial charge on any atom is -0.395 e. The average Bonchev–Trinajstić information content (AvgIpc) is 1.89. The van der Waals surface area contributed by atoms with Crippen LogP contribution in [0.15, 0.2) is 0 Å². The monoisotopic (exact) mass is 134 g/mol. The molecule has 9 heavy (non-hydrogen) atoms. The van der Waals surface area contributed by atoms with Gasteiger partial charge in [-0.25, -0.2) is 5.11 Å². The van der Waals surface area contributed by atoms with Gasteiger partial charge in [-0.05, 0) is 0 Å². The molecule has 0 heterocycles. The minimum atomic E-state index is -0.823. The summed E-state index contributed by atoms with van der Waals surface area (Å²) < 4.78 is 0. The van der Waals surface area contributed by atoms with E-state index in [1.54, 1.807) is 0 Å². The van der Waals surface area contributed by atoms with Gasteiger partial charge in [0.25, 0.3) is 0 Å². The van der Waals surface area contributed by atoms with Gasteiger partial charge in [-0.2, -0.15) is 0 Å². The largest absolute Gasteiger partial charge is 0.395 e. The molecule has 1 radical (unpaired) electrons. The summed E-state index contributed by atoms with van der Waals surface area (Å²) in [5.41, 5.74) is 0. The number of hydrogen-bond donors (Lipinski definition) is 3. The fraction of sp³-hybridized carbons (Fsp3) is 1.00. The highest BCUT2D eigenvalue weighted by Crippen LogP contribution is 1.75. The van der Waals surface area contributed by atoms with Gasteiger partial charge in [0.1, 0.15) is 6.61 Å². The van der Waals surface area contributed by atoms with Crippen molar-refractivity contribution in [3.05, 3.63) is 0 Å². The van der Waals surface area contributed by atoms with E-state index >= 15 is 0 Å². The van der Waals surface area contributed by atoms with Gasteiger partial charge in [-0.3, -0.25) is 0 Å². The van der Waals surface area contributed by atoms with Crippen LogP contribution in [-0.4, -0.2) is 42.6 Å². The smallest absolute Gasteiger partial charge is 0.109 e. The zero-order valence-electron chi connectivity index (χ0n) is 5.21. The predicted molar refractivity (Wildman–Crippen MR) is 31.5 cm³/mol. The average molecular weight is 134 g/mol. The maximum atomic E-state index is 9.87. The van der Waals surface area contributed by atoms with Gasteiger partial charge in [0.2, 0.25) is 0 Å². The number of nitrogens with one attached hydrogen (secondary N) is 1. The normalized spacial score (nSPS) is 13.7. The molecule has 0 saturated carbocycles. The van der Waals surface area contributed by atoms with Crippen LogP contribution in [0.2, 0.25) is 0 Å². The highest BCUT2D eigenvalue weighted by molar-refractivity contribution is 4.55. The zero-order chi connectivity index (χ0) is 7.11. The molecule has 1 atom stereocenters. The van der Waals surface area contributed by atoms with Crippen LogP contribution >= 0.6 is 0 Å². The van der Waals surface area contributed by atoms with Crippen molar-refractivity contribution < 1.29 is 15.3 Å². The molecule has 1 unspecified atom stereocenters. The van der Waals surface area contributed by atoms with Crippen LogP contribution in [0.5, 0.6) is 0 Å². The first-order chi connectivity index (χ1) is 4.31. The summed E-state index contributed by atoms with van der Waals surface area (Å²) in [6, 6.07) is 0. The van der Waals surface area contributed by atoms with Gasteiger partial charge in [0, 0.05) is 13.1 Å². The maximum Gasteiger partial charge on any atom is 0.109 e. The lowest BCUT2D eigenvalue weighted by Crippen LogP contribution is -2.30. The molecular formula is C5H12NO3. The third-order valence-electron chi connectivity index (χ3n) is 0.861. The van der Waals surface area contributed by atoms with Crippen molar-refractivity contribution in [2.45, 2.75) is 6.10 Å². The van der Waals surface area contributed by atoms with Crippen molar-refractivity contribution in [3.63, 3.8) is 0 Å². The SMILES string of the molecule is [O]CC(O)CNCCO. The van der Waals surface area contributed by atoms with E-state index in [2.05, 4.69) is 5.32 Å². The summed E-state index contributed by atoms with van der Waals surface area (Å²) in [4.78, 5) is 0. The predicted octanol–water partition coefficient (Wildman–Crippen LogP) is -1.64.